The molecule has 2 heterocycles. The second-order valence-corrected chi connectivity index (χ2v) is 5.27. The number of carbonyl (C=O) groups is 1. The highest BCUT2D eigenvalue weighted by Crippen LogP contribution is 2.34. The van der Waals surface area contributed by atoms with Gasteiger partial charge in [-0.25, -0.2) is 4.98 Å². The molecule has 0 spiro atoms. The Labute approximate surface area is 116 Å². The molecule has 0 saturated carbocycles. The van der Waals surface area contributed by atoms with Crippen LogP contribution in [0.25, 0.3) is 0 Å². The van der Waals surface area contributed by atoms with Crippen LogP contribution in [0.2, 0.25) is 10.3 Å². The summed E-state index contributed by atoms with van der Waals surface area (Å²) >= 11 is 16.1. The Morgan fingerprint density at radius 2 is 2.29 bits per heavy atom. The molecule has 1 fully saturated rings. The molecule has 0 radical (unpaired) electrons. The molecule has 0 bridgehead atoms. The lowest BCUT2D eigenvalue weighted by Gasteiger charge is -2.20. The van der Waals surface area contributed by atoms with E-state index in [1.165, 1.54) is 0 Å². The average molecular weight is 291 g/mol. The molecule has 1 aliphatic heterocycles. The lowest BCUT2D eigenvalue weighted by Crippen LogP contribution is -2.26. The number of aromatic nitrogens is 1. The van der Waals surface area contributed by atoms with E-state index in [2.05, 4.69) is 17.6 Å². The van der Waals surface area contributed by atoms with Crippen LogP contribution in [0.1, 0.15) is 12.0 Å². The predicted molar refractivity (Wildman–Crippen MR) is 73.3 cm³/mol. The van der Waals surface area contributed by atoms with Crippen LogP contribution in [0, 0.1) is 12.8 Å². The molecule has 0 aromatic carbocycles. The monoisotopic (exact) mass is 290 g/mol. The van der Waals surface area contributed by atoms with Crippen molar-refractivity contribution in [2.75, 3.05) is 17.2 Å². The van der Waals surface area contributed by atoms with E-state index in [1.54, 1.807) is 11.0 Å². The number of thiol groups is 1. The molecule has 1 saturated heterocycles. The van der Waals surface area contributed by atoms with Gasteiger partial charge in [-0.3, -0.25) is 4.79 Å². The molecule has 2 rings (SSSR count). The van der Waals surface area contributed by atoms with Crippen molar-refractivity contribution in [3.05, 3.63) is 21.9 Å². The SMILES string of the molecule is Cc1cc(Cl)nc(Cl)c1N1CC(CS)CC1=O. The quantitative estimate of drug-likeness (QED) is 0.671. The Bertz CT molecular complexity index is 444. The first-order valence-electron chi connectivity index (χ1n) is 5.26. The summed E-state index contributed by atoms with van der Waals surface area (Å²) in [7, 11) is 0. The third-order valence-corrected chi connectivity index (χ3v) is 3.82. The Kier molecular flexibility index (Phi) is 3.85. The summed E-state index contributed by atoms with van der Waals surface area (Å²) in [6.07, 6.45) is 0.516. The van der Waals surface area contributed by atoms with E-state index in [4.69, 9.17) is 23.2 Å². The van der Waals surface area contributed by atoms with Gasteiger partial charge in [-0.1, -0.05) is 23.2 Å². The molecular weight excluding hydrogens is 279 g/mol. The molecule has 1 aromatic heterocycles. The lowest BCUT2D eigenvalue weighted by molar-refractivity contribution is -0.117. The van der Waals surface area contributed by atoms with Crippen LogP contribution in [0.15, 0.2) is 6.07 Å². The van der Waals surface area contributed by atoms with Crippen molar-refractivity contribution in [1.29, 1.82) is 0 Å². The van der Waals surface area contributed by atoms with Crippen molar-refractivity contribution < 1.29 is 4.79 Å². The van der Waals surface area contributed by atoms with Crippen molar-refractivity contribution in [2.24, 2.45) is 5.92 Å². The van der Waals surface area contributed by atoms with Crippen molar-refractivity contribution in [1.82, 2.24) is 4.98 Å². The molecule has 0 N–H and O–H groups in total. The summed E-state index contributed by atoms with van der Waals surface area (Å²) in [6.45, 7) is 2.52. The van der Waals surface area contributed by atoms with Crippen LogP contribution in [-0.2, 0) is 4.79 Å². The lowest BCUT2D eigenvalue weighted by atomic mass is 10.1. The van der Waals surface area contributed by atoms with Crippen LogP contribution in [0.4, 0.5) is 5.69 Å². The van der Waals surface area contributed by atoms with Gasteiger partial charge in [-0.15, -0.1) is 0 Å². The van der Waals surface area contributed by atoms with Gasteiger partial charge in [0.25, 0.3) is 0 Å². The third kappa shape index (κ3) is 2.54. The maximum absolute atomic E-state index is 11.9. The zero-order chi connectivity index (χ0) is 12.6. The number of rotatable bonds is 2. The van der Waals surface area contributed by atoms with Crippen molar-refractivity contribution in [3.63, 3.8) is 0 Å². The minimum Gasteiger partial charge on any atom is -0.309 e. The number of halogens is 2. The van der Waals surface area contributed by atoms with Crippen LogP contribution in [0.5, 0.6) is 0 Å². The molecule has 17 heavy (non-hydrogen) atoms. The minimum atomic E-state index is 0.0678. The van der Waals surface area contributed by atoms with Gasteiger partial charge < -0.3 is 4.90 Å². The first-order valence-corrected chi connectivity index (χ1v) is 6.65. The van der Waals surface area contributed by atoms with E-state index in [0.717, 1.165) is 5.56 Å². The number of nitrogens with zero attached hydrogens (tertiary/aromatic N) is 2. The first-order chi connectivity index (χ1) is 8.02. The number of aryl methyl sites for hydroxylation is 1. The van der Waals surface area contributed by atoms with Crippen LogP contribution < -0.4 is 4.90 Å². The third-order valence-electron chi connectivity index (χ3n) is 2.84. The van der Waals surface area contributed by atoms with Gasteiger partial charge in [0.1, 0.15) is 5.15 Å². The Balaban J connectivity index is 2.38. The second kappa shape index (κ2) is 5.04. The zero-order valence-electron chi connectivity index (χ0n) is 9.28. The highest BCUT2D eigenvalue weighted by atomic mass is 35.5. The van der Waals surface area contributed by atoms with Gasteiger partial charge in [0.05, 0.1) is 5.69 Å². The highest BCUT2D eigenvalue weighted by molar-refractivity contribution is 7.80. The highest BCUT2D eigenvalue weighted by Gasteiger charge is 2.32. The van der Waals surface area contributed by atoms with Crippen molar-refractivity contribution in [3.8, 4) is 0 Å². The first kappa shape index (κ1) is 13.0. The summed E-state index contributed by atoms with van der Waals surface area (Å²) < 4.78 is 0. The molecule has 0 aliphatic carbocycles. The molecule has 6 heteroatoms. The summed E-state index contributed by atoms with van der Waals surface area (Å²) in [6, 6.07) is 1.71. The van der Waals surface area contributed by atoms with Gasteiger partial charge in [0.15, 0.2) is 5.15 Å². The number of hydrogen-bond acceptors (Lipinski definition) is 3. The fraction of sp³-hybridized carbons (Fsp3) is 0.455. The van der Waals surface area contributed by atoms with E-state index in [9.17, 15) is 4.79 Å². The predicted octanol–water partition coefficient (Wildman–Crippen LogP) is 2.98. The maximum atomic E-state index is 11.9. The number of pyridine rings is 1. The average Bonchev–Trinajstić information content (AvgIpc) is 2.59. The van der Waals surface area contributed by atoms with Gasteiger partial charge in [0.2, 0.25) is 5.91 Å². The summed E-state index contributed by atoms with van der Waals surface area (Å²) in [5.74, 6) is 1.04. The van der Waals surface area contributed by atoms with Crippen molar-refractivity contribution >= 4 is 47.4 Å². The Morgan fingerprint density at radius 3 is 2.82 bits per heavy atom. The molecule has 1 atom stereocenters. The standard InChI is InChI=1S/C11H12Cl2N2OS/c1-6-2-8(12)14-11(13)10(6)15-4-7(5-17)3-9(15)16/h2,7,17H,3-5H2,1H3. The molecule has 1 amide bonds. The van der Waals surface area contributed by atoms with Crippen molar-refractivity contribution in [2.45, 2.75) is 13.3 Å². The molecule has 1 aliphatic rings. The summed E-state index contributed by atoms with van der Waals surface area (Å²) in [4.78, 5) is 17.6. The fourth-order valence-corrected chi connectivity index (χ4v) is 2.91. The van der Waals surface area contributed by atoms with Gasteiger partial charge in [-0.05, 0) is 30.2 Å². The maximum Gasteiger partial charge on any atom is 0.227 e. The molecule has 1 aromatic rings. The molecular formula is C11H12Cl2N2OS. The normalized spacial score (nSPS) is 20.1. The Hall–Kier alpha value is -0.450. The second-order valence-electron chi connectivity index (χ2n) is 4.16. The topological polar surface area (TPSA) is 33.2 Å². The van der Waals surface area contributed by atoms with Crippen LogP contribution >= 0.6 is 35.8 Å². The van der Waals surface area contributed by atoms with Gasteiger partial charge >= 0.3 is 0 Å². The summed E-state index contributed by atoms with van der Waals surface area (Å²) in [5, 5.41) is 0.622. The molecule has 92 valence electrons. The number of carbonyl (C=O) groups excluding carboxylic acids is 1. The van der Waals surface area contributed by atoms with Gasteiger partial charge in [-0.2, -0.15) is 12.6 Å². The smallest absolute Gasteiger partial charge is 0.227 e. The minimum absolute atomic E-state index is 0.0678. The van der Waals surface area contributed by atoms with Crippen LogP contribution in [0.3, 0.4) is 0 Å². The largest absolute Gasteiger partial charge is 0.309 e. The van der Waals surface area contributed by atoms with E-state index in [1.807, 2.05) is 6.92 Å². The van der Waals surface area contributed by atoms with Gasteiger partial charge in [0, 0.05) is 13.0 Å². The number of amides is 1. The molecule has 3 nitrogen and oxygen atoms in total. The molecule has 1 unspecified atom stereocenters. The van der Waals surface area contributed by atoms with Crippen LogP contribution in [-0.4, -0.2) is 23.2 Å². The van der Waals surface area contributed by atoms with E-state index < -0.39 is 0 Å². The van der Waals surface area contributed by atoms with E-state index >= 15 is 0 Å². The van der Waals surface area contributed by atoms with E-state index in [-0.39, 0.29) is 17.0 Å². The summed E-state index contributed by atoms with van der Waals surface area (Å²) in [5.41, 5.74) is 1.54. The zero-order valence-corrected chi connectivity index (χ0v) is 11.7. The fourth-order valence-electron chi connectivity index (χ4n) is 2.03. The Morgan fingerprint density at radius 1 is 1.59 bits per heavy atom. The number of hydrogen-bond donors (Lipinski definition) is 1. The van der Waals surface area contributed by atoms with E-state index in [0.29, 0.717) is 29.6 Å². The number of anilines is 1.